The molecule has 2 rings (SSSR count). The molecule has 1 aliphatic rings. The smallest absolute Gasteiger partial charge is 0.410 e. The van der Waals surface area contributed by atoms with Gasteiger partial charge in [0, 0.05) is 51.4 Å². The third-order valence-corrected chi connectivity index (χ3v) is 6.63. The minimum atomic E-state index is -0.837. The minimum absolute atomic E-state index is 0.00411. The molecule has 228 valence electrons. The first-order chi connectivity index (χ1) is 19.4. The lowest BCUT2D eigenvalue weighted by molar-refractivity contribution is -0.130. The number of amides is 6. The van der Waals surface area contributed by atoms with Gasteiger partial charge in [0.25, 0.3) is 0 Å². The molecule has 0 radical (unpaired) electrons. The van der Waals surface area contributed by atoms with Gasteiger partial charge in [-0.1, -0.05) is 39.8 Å². The van der Waals surface area contributed by atoms with Crippen LogP contribution >= 0.6 is 0 Å². The third-order valence-electron chi connectivity index (χ3n) is 6.63. The van der Waals surface area contributed by atoms with Gasteiger partial charge in [-0.2, -0.15) is 0 Å². The van der Waals surface area contributed by atoms with Gasteiger partial charge >= 0.3 is 12.1 Å². The highest BCUT2D eigenvalue weighted by molar-refractivity contribution is 5.97. The molecule has 0 aromatic heterocycles. The molecule has 0 bridgehead atoms. The van der Waals surface area contributed by atoms with Gasteiger partial charge in [0.15, 0.2) is 0 Å². The van der Waals surface area contributed by atoms with Crippen molar-refractivity contribution in [3.8, 4) is 0 Å². The van der Waals surface area contributed by atoms with E-state index >= 15 is 0 Å². The summed E-state index contributed by atoms with van der Waals surface area (Å²) in [5.41, 5.74) is 6.38. The second kappa shape index (κ2) is 16.4. The Hall–Kier alpha value is -3.87. The van der Waals surface area contributed by atoms with Crippen molar-refractivity contribution in [1.29, 1.82) is 0 Å². The molecule has 2 atom stereocenters. The zero-order valence-electron chi connectivity index (χ0n) is 24.7. The second-order valence-electron chi connectivity index (χ2n) is 10.8. The molecule has 1 fully saturated rings. The van der Waals surface area contributed by atoms with E-state index in [1.165, 1.54) is 6.92 Å². The number of ether oxygens (including phenoxy) is 1. The summed E-state index contributed by atoms with van der Waals surface area (Å²) in [4.78, 5) is 64.3. The number of primary amides is 1. The normalized spacial score (nSPS) is 14.8. The van der Waals surface area contributed by atoms with Crippen molar-refractivity contribution in [1.82, 2.24) is 25.8 Å². The number of anilines is 1. The lowest BCUT2D eigenvalue weighted by Crippen LogP contribution is -2.54. The van der Waals surface area contributed by atoms with Crippen LogP contribution in [0, 0.1) is 5.92 Å². The quantitative estimate of drug-likeness (QED) is 0.221. The molecular weight excluding hydrogens is 530 g/mol. The SMILES string of the molecule is CC(=O)N1CCN(C(=O)OCc2ccc(NC(=O)[C@H](CCCNC(N)=O)NC(=O)[C@@H](NC(C)C)C(C)C)cc2)CC1. The van der Waals surface area contributed by atoms with Crippen LogP contribution in [-0.4, -0.2) is 90.5 Å². The van der Waals surface area contributed by atoms with Crippen molar-refractivity contribution < 1.29 is 28.7 Å². The number of urea groups is 1. The van der Waals surface area contributed by atoms with E-state index < -0.39 is 30.1 Å². The third kappa shape index (κ3) is 11.6. The Bertz CT molecular complexity index is 1040. The molecule has 0 saturated carbocycles. The Balaban J connectivity index is 1.95. The molecule has 6 amide bonds. The maximum Gasteiger partial charge on any atom is 0.410 e. The van der Waals surface area contributed by atoms with Gasteiger partial charge < -0.3 is 41.5 Å². The van der Waals surface area contributed by atoms with Crippen LogP contribution in [-0.2, 0) is 25.7 Å². The maximum absolute atomic E-state index is 13.2. The largest absolute Gasteiger partial charge is 0.445 e. The number of piperazine rings is 1. The number of rotatable bonds is 13. The molecular formula is C28H45N7O6. The summed E-state index contributed by atoms with van der Waals surface area (Å²) in [6.07, 6.45) is 0.278. The average Bonchev–Trinajstić information content (AvgIpc) is 2.92. The van der Waals surface area contributed by atoms with Crippen LogP contribution < -0.4 is 27.0 Å². The Morgan fingerprint density at radius 3 is 2.07 bits per heavy atom. The fourth-order valence-electron chi connectivity index (χ4n) is 4.33. The highest BCUT2D eigenvalue weighted by Gasteiger charge is 2.28. The molecule has 13 nitrogen and oxygen atoms in total. The minimum Gasteiger partial charge on any atom is -0.445 e. The van der Waals surface area contributed by atoms with E-state index in [1.807, 2.05) is 27.7 Å². The van der Waals surface area contributed by atoms with Crippen molar-refractivity contribution >= 4 is 35.5 Å². The predicted molar refractivity (Wildman–Crippen MR) is 155 cm³/mol. The molecule has 1 aromatic carbocycles. The maximum atomic E-state index is 13.2. The summed E-state index contributed by atoms with van der Waals surface area (Å²) >= 11 is 0. The van der Waals surface area contributed by atoms with Crippen LogP contribution in [0.5, 0.6) is 0 Å². The molecule has 6 N–H and O–H groups in total. The Labute approximate surface area is 241 Å². The standard InChI is InChI=1S/C28H45N7O6/c1-18(2)24(31-19(3)4)26(38)33-23(7-6-12-30-27(29)39)25(37)32-22-10-8-21(9-11-22)17-41-28(40)35-15-13-34(14-16-35)20(5)36/h8-11,18-19,23-24,31H,6-7,12-17H2,1-5H3,(H,32,37)(H,33,38)(H3,29,30,39)/t23-,24-/m0/s1. The van der Waals surface area contributed by atoms with Crippen LogP contribution in [0.1, 0.15) is 53.0 Å². The molecule has 1 aliphatic heterocycles. The van der Waals surface area contributed by atoms with Crippen LogP contribution in [0.25, 0.3) is 0 Å². The van der Waals surface area contributed by atoms with Gasteiger partial charge in [-0.05, 0) is 36.5 Å². The van der Waals surface area contributed by atoms with E-state index in [1.54, 1.807) is 34.1 Å². The summed E-state index contributed by atoms with van der Waals surface area (Å²) < 4.78 is 5.41. The predicted octanol–water partition coefficient (Wildman–Crippen LogP) is 1.38. The number of hydrogen-bond donors (Lipinski definition) is 5. The summed E-state index contributed by atoms with van der Waals surface area (Å²) in [5.74, 6) is -0.684. The monoisotopic (exact) mass is 575 g/mol. The number of nitrogens with two attached hydrogens (primary N) is 1. The van der Waals surface area contributed by atoms with Crippen molar-refractivity contribution in [2.75, 3.05) is 38.0 Å². The van der Waals surface area contributed by atoms with Crippen LogP contribution in [0.4, 0.5) is 15.3 Å². The first-order valence-corrected chi connectivity index (χ1v) is 14.0. The van der Waals surface area contributed by atoms with Gasteiger partial charge in [0.1, 0.15) is 12.6 Å². The molecule has 1 saturated heterocycles. The Morgan fingerprint density at radius 2 is 1.54 bits per heavy atom. The van der Waals surface area contributed by atoms with E-state index in [0.717, 1.165) is 5.56 Å². The van der Waals surface area contributed by atoms with E-state index in [4.69, 9.17) is 10.5 Å². The summed E-state index contributed by atoms with van der Waals surface area (Å²) in [6, 6.07) is 4.97. The number of nitrogens with zero attached hydrogens (tertiary/aromatic N) is 2. The fourth-order valence-corrected chi connectivity index (χ4v) is 4.33. The molecule has 0 unspecified atom stereocenters. The van der Waals surface area contributed by atoms with E-state index in [2.05, 4.69) is 21.3 Å². The first-order valence-electron chi connectivity index (χ1n) is 14.0. The van der Waals surface area contributed by atoms with E-state index in [9.17, 15) is 24.0 Å². The number of carbonyl (C=O) groups is 5. The number of benzene rings is 1. The summed E-state index contributed by atoms with van der Waals surface area (Å²) in [6.45, 7) is 11.4. The zero-order valence-corrected chi connectivity index (χ0v) is 24.7. The number of hydrogen-bond acceptors (Lipinski definition) is 7. The van der Waals surface area contributed by atoms with E-state index in [0.29, 0.717) is 44.7 Å². The fraction of sp³-hybridized carbons (Fsp3) is 0.607. The van der Waals surface area contributed by atoms with Crippen molar-refractivity contribution in [2.24, 2.45) is 11.7 Å². The molecule has 0 aliphatic carbocycles. The highest BCUT2D eigenvalue weighted by Crippen LogP contribution is 2.14. The lowest BCUT2D eigenvalue weighted by atomic mass is 10.0. The molecule has 1 aromatic rings. The van der Waals surface area contributed by atoms with Gasteiger partial charge in [-0.25, -0.2) is 9.59 Å². The number of carbonyl (C=O) groups excluding carboxylic acids is 5. The topological polar surface area (TPSA) is 175 Å². The number of nitrogens with one attached hydrogen (secondary N) is 4. The van der Waals surface area contributed by atoms with Crippen molar-refractivity contribution in [2.45, 2.75) is 72.2 Å². The lowest BCUT2D eigenvalue weighted by Gasteiger charge is -2.33. The van der Waals surface area contributed by atoms with Gasteiger partial charge in [-0.15, -0.1) is 0 Å². The Morgan fingerprint density at radius 1 is 0.927 bits per heavy atom. The summed E-state index contributed by atoms with van der Waals surface area (Å²) in [7, 11) is 0. The second-order valence-corrected chi connectivity index (χ2v) is 10.8. The molecule has 1 heterocycles. The van der Waals surface area contributed by atoms with Gasteiger partial charge in [-0.3, -0.25) is 14.4 Å². The molecule has 41 heavy (non-hydrogen) atoms. The van der Waals surface area contributed by atoms with Crippen LogP contribution in [0.3, 0.4) is 0 Å². The van der Waals surface area contributed by atoms with E-state index in [-0.39, 0.29) is 36.9 Å². The van der Waals surface area contributed by atoms with Gasteiger partial charge in [0.05, 0.1) is 6.04 Å². The molecule has 13 heteroatoms. The Kier molecular flexibility index (Phi) is 13.3. The first kappa shape index (κ1) is 33.3. The van der Waals surface area contributed by atoms with Crippen LogP contribution in [0.2, 0.25) is 0 Å². The average molecular weight is 576 g/mol. The molecule has 0 spiro atoms. The van der Waals surface area contributed by atoms with Crippen LogP contribution in [0.15, 0.2) is 24.3 Å². The van der Waals surface area contributed by atoms with Crippen molar-refractivity contribution in [3.05, 3.63) is 29.8 Å². The summed E-state index contributed by atoms with van der Waals surface area (Å²) in [5, 5.41) is 11.4. The van der Waals surface area contributed by atoms with Crippen molar-refractivity contribution in [3.63, 3.8) is 0 Å². The van der Waals surface area contributed by atoms with Gasteiger partial charge in [0.2, 0.25) is 17.7 Å². The zero-order chi connectivity index (χ0) is 30.5. The highest BCUT2D eigenvalue weighted by atomic mass is 16.6.